The third-order valence-corrected chi connectivity index (χ3v) is 7.47. The Bertz CT molecular complexity index is 920. The lowest BCUT2D eigenvalue weighted by Gasteiger charge is -2.28. The molecule has 1 aliphatic heterocycles. The monoisotopic (exact) mass is 391 g/mol. The Morgan fingerprint density at radius 3 is 2.89 bits per heavy atom. The Morgan fingerprint density at radius 2 is 2.19 bits per heavy atom. The smallest absolute Gasteiger partial charge is 0.234 e. The van der Waals surface area contributed by atoms with Crippen LogP contribution in [0.3, 0.4) is 0 Å². The molecule has 1 aromatic heterocycles. The highest BCUT2D eigenvalue weighted by atomic mass is 32.2. The molecule has 1 aromatic carbocycles. The molecule has 1 aliphatic rings. The number of aromatic amines is 1. The lowest BCUT2D eigenvalue weighted by Crippen LogP contribution is -2.45. The van der Waals surface area contributed by atoms with Crippen molar-refractivity contribution < 1.29 is 13.2 Å². The van der Waals surface area contributed by atoms with E-state index in [4.69, 9.17) is 5.73 Å². The van der Waals surface area contributed by atoms with E-state index < -0.39 is 9.84 Å². The summed E-state index contributed by atoms with van der Waals surface area (Å²) in [5.74, 6) is 0.0851. The van der Waals surface area contributed by atoms with Crippen molar-refractivity contribution in [3.63, 3.8) is 0 Å². The zero-order valence-electron chi connectivity index (χ0n) is 16.1. The number of carbonyl (C=O) groups excluding carboxylic acids is 1. The van der Waals surface area contributed by atoms with Gasteiger partial charge in [0, 0.05) is 28.9 Å². The van der Waals surface area contributed by atoms with Gasteiger partial charge in [-0.25, -0.2) is 8.42 Å². The van der Waals surface area contributed by atoms with Gasteiger partial charge in [0.05, 0.1) is 11.8 Å². The fourth-order valence-corrected chi connectivity index (χ4v) is 4.81. The third-order valence-electron chi connectivity index (χ3n) is 5.76. The predicted octanol–water partition coefficient (Wildman–Crippen LogP) is 2.03. The van der Waals surface area contributed by atoms with Crippen LogP contribution in [0, 0.1) is 0 Å². The topological polar surface area (TPSA) is 96.3 Å². The third kappa shape index (κ3) is 4.52. The highest BCUT2D eigenvalue weighted by Gasteiger charge is 2.31. The molecule has 6 nitrogen and oxygen atoms in total. The minimum absolute atomic E-state index is 0.181. The molecule has 0 radical (unpaired) electrons. The molecule has 1 fully saturated rings. The molecule has 3 N–H and O–H groups in total. The Balaban J connectivity index is 1.79. The molecule has 0 bridgehead atoms. The summed E-state index contributed by atoms with van der Waals surface area (Å²) in [5, 5.41) is 1.14. The second kappa shape index (κ2) is 8.02. The second-order valence-electron chi connectivity index (χ2n) is 7.50. The number of H-pyrrole nitrogens is 1. The Kier molecular flexibility index (Phi) is 5.91. The van der Waals surface area contributed by atoms with Gasteiger partial charge in [-0.15, -0.1) is 0 Å². The molecule has 1 amide bonds. The fraction of sp³-hybridized carbons (Fsp3) is 0.550. The standard InChI is InChI=1S/C20H29N3O3S/c1-3-27(25,26)10-8-15-6-7-19-18(11-15)16(13-22-19)12-17-5-4-9-23(17)14(2)20(21)24/h6-7,11,13-14,17,22H,3-5,8-10,12H2,1-2H3,(H2,21,24)/t14-,17-/m1/s1. The highest BCUT2D eigenvalue weighted by Crippen LogP contribution is 2.27. The van der Waals surface area contributed by atoms with Crippen molar-refractivity contribution in [2.75, 3.05) is 18.1 Å². The predicted molar refractivity (Wildman–Crippen MR) is 108 cm³/mol. The van der Waals surface area contributed by atoms with E-state index in [-0.39, 0.29) is 23.5 Å². The zero-order valence-corrected chi connectivity index (χ0v) is 16.9. The lowest BCUT2D eigenvalue weighted by atomic mass is 10.0. The highest BCUT2D eigenvalue weighted by molar-refractivity contribution is 7.91. The maximum absolute atomic E-state index is 11.8. The van der Waals surface area contributed by atoms with Crippen LogP contribution in [0.15, 0.2) is 24.4 Å². The van der Waals surface area contributed by atoms with E-state index in [1.807, 2.05) is 25.3 Å². The van der Waals surface area contributed by atoms with E-state index in [0.717, 1.165) is 42.3 Å². The number of nitrogens with two attached hydrogens (primary N) is 1. The number of nitrogens with zero attached hydrogens (tertiary/aromatic N) is 1. The first-order valence-corrected chi connectivity index (χ1v) is 11.5. The minimum Gasteiger partial charge on any atom is -0.368 e. The summed E-state index contributed by atoms with van der Waals surface area (Å²) in [5.41, 5.74) is 8.80. The molecule has 0 unspecified atom stereocenters. The van der Waals surface area contributed by atoms with Gasteiger partial charge in [0.2, 0.25) is 5.91 Å². The number of aromatic nitrogens is 1. The lowest BCUT2D eigenvalue weighted by molar-refractivity contribution is -0.123. The molecule has 2 heterocycles. The number of nitrogens with one attached hydrogen (secondary N) is 1. The number of hydrogen-bond donors (Lipinski definition) is 2. The Labute approximate surface area is 161 Å². The number of sulfone groups is 1. The van der Waals surface area contributed by atoms with Crippen LogP contribution in [0.25, 0.3) is 10.9 Å². The van der Waals surface area contributed by atoms with Gasteiger partial charge < -0.3 is 10.7 Å². The van der Waals surface area contributed by atoms with E-state index in [2.05, 4.69) is 16.0 Å². The molecule has 3 rings (SSSR count). The molecule has 0 spiro atoms. The number of hydrogen-bond acceptors (Lipinski definition) is 4. The normalized spacial score (nSPS) is 19.6. The maximum atomic E-state index is 11.8. The Morgan fingerprint density at radius 1 is 1.41 bits per heavy atom. The van der Waals surface area contributed by atoms with Crippen LogP contribution < -0.4 is 5.73 Å². The van der Waals surface area contributed by atoms with Crippen molar-refractivity contribution >= 4 is 26.6 Å². The molecular weight excluding hydrogens is 362 g/mol. The molecule has 2 atom stereocenters. The van der Waals surface area contributed by atoms with Gasteiger partial charge >= 0.3 is 0 Å². The summed E-state index contributed by atoms with van der Waals surface area (Å²) in [6.07, 6.45) is 5.55. The van der Waals surface area contributed by atoms with Gasteiger partial charge in [0.1, 0.15) is 9.84 Å². The van der Waals surface area contributed by atoms with Crippen molar-refractivity contribution in [3.8, 4) is 0 Å². The van der Waals surface area contributed by atoms with E-state index in [9.17, 15) is 13.2 Å². The number of benzene rings is 1. The van der Waals surface area contributed by atoms with Crippen molar-refractivity contribution in [1.82, 2.24) is 9.88 Å². The summed E-state index contributed by atoms with van der Waals surface area (Å²) in [6, 6.07) is 6.16. The van der Waals surface area contributed by atoms with E-state index >= 15 is 0 Å². The van der Waals surface area contributed by atoms with Gasteiger partial charge in [-0.2, -0.15) is 0 Å². The first-order chi connectivity index (χ1) is 12.8. The fourth-order valence-electron chi connectivity index (χ4n) is 3.97. The van der Waals surface area contributed by atoms with Crippen LogP contribution in [0.4, 0.5) is 0 Å². The summed E-state index contributed by atoms with van der Waals surface area (Å²) in [6.45, 7) is 4.46. The molecule has 27 heavy (non-hydrogen) atoms. The van der Waals surface area contributed by atoms with E-state index in [1.165, 1.54) is 5.56 Å². The average molecular weight is 392 g/mol. The Hall–Kier alpha value is -1.86. The van der Waals surface area contributed by atoms with Gasteiger partial charge in [-0.1, -0.05) is 13.0 Å². The van der Waals surface area contributed by atoms with E-state index in [1.54, 1.807) is 6.92 Å². The number of fused-ring (bicyclic) bond motifs is 1. The molecule has 7 heteroatoms. The van der Waals surface area contributed by atoms with Gasteiger partial charge in [0.15, 0.2) is 0 Å². The number of aryl methyl sites for hydroxylation is 1. The van der Waals surface area contributed by atoms with E-state index in [0.29, 0.717) is 12.5 Å². The zero-order chi connectivity index (χ0) is 19.6. The van der Waals surface area contributed by atoms with Crippen molar-refractivity contribution in [3.05, 3.63) is 35.5 Å². The second-order valence-corrected chi connectivity index (χ2v) is 9.97. The molecule has 0 aliphatic carbocycles. The summed E-state index contributed by atoms with van der Waals surface area (Å²) >= 11 is 0. The van der Waals surface area contributed by atoms with Gasteiger partial charge in [0.25, 0.3) is 0 Å². The summed E-state index contributed by atoms with van der Waals surface area (Å²) in [4.78, 5) is 17.1. The van der Waals surface area contributed by atoms with Gasteiger partial charge in [-0.3, -0.25) is 9.69 Å². The minimum atomic E-state index is -2.97. The van der Waals surface area contributed by atoms with Crippen LogP contribution in [0.5, 0.6) is 0 Å². The van der Waals surface area contributed by atoms with Crippen LogP contribution in [0.2, 0.25) is 0 Å². The number of carbonyl (C=O) groups is 1. The number of likely N-dealkylation sites (tertiary alicyclic amines) is 1. The summed E-state index contributed by atoms with van der Waals surface area (Å²) < 4.78 is 23.6. The molecule has 1 saturated heterocycles. The van der Waals surface area contributed by atoms with Crippen molar-refractivity contribution in [2.24, 2.45) is 5.73 Å². The van der Waals surface area contributed by atoms with Crippen molar-refractivity contribution in [1.29, 1.82) is 0 Å². The first kappa shape index (κ1) is 19.9. The SMILES string of the molecule is CCS(=O)(=O)CCc1ccc2[nH]cc(C[C@H]3CCCN3[C@H](C)C(N)=O)c2c1. The number of rotatable bonds is 8. The molecule has 2 aromatic rings. The largest absolute Gasteiger partial charge is 0.368 e. The molecule has 0 saturated carbocycles. The quantitative estimate of drug-likeness (QED) is 0.719. The van der Waals surface area contributed by atoms with Crippen LogP contribution in [-0.4, -0.2) is 54.3 Å². The first-order valence-electron chi connectivity index (χ1n) is 9.65. The maximum Gasteiger partial charge on any atom is 0.234 e. The van der Waals surface area contributed by atoms with Crippen LogP contribution in [-0.2, 0) is 27.5 Å². The van der Waals surface area contributed by atoms with Crippen LogP contribution >= 0.6 is 0 Å². The molecular formula is C20H29N3O3S. The van der Waals surface area contributed by atoms with Crippen molar-refractivity contribution in [2.45, 2.75) is 51.6 Å². The average Bonchev–Trinajstić information content (AvgIpc) is 3.27. The van der Waals surface area contributed by atoms with Gasteiger partial charge in [-0.05, 0) is 62.4 Å². The summed E-state index contributed by atoms with van der Waals surface area (Å²) in [7, 11) is -2.97. The number of primary amides is 1. The number of amides is 1. The van der Waals surface area contributed by atoms with Crippen LogP contribution in [0.1, 0.15) is 37.8 Å². The molecule has 148 valence electrons.